The largest absolute Gasteiger partial charge is 0.334 e. The van der Waals surface area contributed by atoms with Gasteiger partial charge in [0.05, 0.1) is 5.69 Å². The van der Waals surface area contributed by atoms with Gasteiger partial charge in [-0.3, -0.25) is 0 Å². The summed E-state index contributed by atoms with van der Waals surface area (Å²) in [6.07, 6.45) is 0. The Hall–Kier alpha value is -1.69. The predicted molar refractivity (Wildman–Crippen MR) is 64.3 cm³/mol. The molecule has 1 heterocycles. The van der Waals surface area contributed by atoms with Gasteiger partial charge in [0, 0.05) is 18.7 Å². The van der Waals surface area contributed by atoms with Gasteiger partial charge in [-0.25, -0.2) is 13.6 Å². The molecule has 2 atom stereocenters. The van der Waals surface area contributed by atoms with E-state index in [9.17, 15) is 13.6 Å². The van der Waals surface area contributed by atoms with Crippen LogP contribution in [-0.4, -0.2) is 25.2 Å². The topological polar surface area (TPSA) is 53.2 Å². The van der Waals surface area contributed by atoms with Gasteiger partial charge >= 0.3 is 6.03 Å². The Balaban J connectivity index is 1.94. The van der Waals surface area contributed by atoms with Gasteiger partial charge in [-0.15, -0.1) is 0 Å². The zero-order chi connectivity index (χ0) is 13.1. The first kappa shape index (κ1) is 12.8. The molecule has 0 aromatic heterocycles. The SMILES string of the molecule is CC1CNCC1NC(=O)Nc1ccc(F)cc1F. The maximum Gasteiger partial charge on any atom is 0.319 e. The molecule has 98 valence electrons. The molecule has 0 bridgehead atoms. The molecular weight excluding hydrogens is 240 g/mol. The van der Waals surface area contributed by atoms with Gasteiger partial charge in [0.1, 0.15) is 11.6 Å². The molecule has 1 aliphatic heterocycles. The number of hydrogen-bond acceptors (Lipinski definition) is 2. The Bertz CT molecular complexity index is 453. The summed E-state index contributed by atoms with van der Waals surface area (Å²) >= 11 is 0. The van der Waals surface area contributed by atoms with Gasteiger partial charge in [0.2, 0.25) is 0 Å². The predicted octanol–water partition coefficient (Wildman–Crippen LogP) is 1.69. The molecular formula is C12H15F2N3O. The minimum atomic E-state index is -0.789. The van der Waals surface area contributed by atoms with Gasteiger partial charge in [0.25, 0.3) is 0 Å². The molecule has 18 heavy (non-hydrogen) atoms. The number of nitrogens with one attached hydrogen (secondary N) is 3. The summed E-state index contributed by atoms with van der Waals surface area (Å²) in [4.78, 5) is 11.6. The third kappa shape index (κ3) is 2.95. The van der Waals surface area contributed by atoms with Crippen molar-refractivity contribution in [1.82, 2.24) is 10.6 Å². The molecule has 4 nitrogen and oxygen atoms in total. The lowest BCUT2D eigenvalue weighted by Crippen LogP contribution is -2.42. The number of anilines is 1. The molecule has 1 aromatic carbocycles. The van der Waals surface area contributed by atoms with Crippen LogP contribution in [0.25, 0.3) is 0 Å². The Morgan fingerprint density at radius 3 is 2.78 bits per heavy atom. The first-order valence-corrected chi connectivity index (χ1v) is 5.79. The van der Waals surface area contributed by atoms with E-state index in [1.165, 1.54) is 6.07 Å². The van der Waals surface area contributed by atoms with Crippen molar-refractivity contribution in [2.75, 3.05) is 18.4 Å². The number of hydrogen-bond donors (Lipinski definition) is 3. The van der Waals surface area contributed by atoms with Gasteiger partial charge in [-0.2, -0.15) is 0 Å². The highest BCUT2D eigenvalue weighted by Gasteiger charge is 2.24. The molecule has 0 spiro atoms. The van der Waals surface area contributed by atoms with Crippen LogP contribution in [0, 0.1) is 17.6 Å². The van der Waals surface area contributed by atoms with Crippen LogP contribution in [0.5, 0.6) is 0 Å². The van der Waals surface area contributed by atoms with Crippen molar-refractivity contribution in [3.05, 3.63) is 29.8 Å². The van der Waals surface area contributed by atoms with Crippen LogP contribution in [-0.2, 0) is 0 Å². The van der Waals surface area contributed by atoms with E-state index in [1.54, 1.807) is 0 Å². The third-order valence-corrected chi connectivity index (χ3v) is 3.01. The maximum absolute atomic E-state index is 13.3. The third-order valence-electron chi connectivity index (χ3n) is 3.01. The number of amides is 2. The van der Waals surface area contributed by atoms with E-state index in [-0.39, 0.29) is 11.7 Å². The monoisotopic (exact) mass is 255 g/mol. The minimum absolute atomic E-state index is 0.0218. The standard InChI is InChI=1S/C12H15F2N3O/c1-7-5-15-6-11(7)17-12(18)16-10-3-2-8(13)4-9(10)14/h2-4,7,11,15H,5-6H2,1H3,(H2,16,17,18). The lowest BCUT2D eigenvalue weighted by Gasteiger charge is -2.16. The highest BCUT2D eigenvalue weighted by Crippen LogP contribution is 2.15. The molecule has 6 heteroatoms. The molecule has 1 aromatic rings. The number of carbonyl (C=O) groups excluding carboxylic acids is 1. The summed E-state index contributed by atoms with van der Waals surface area (Å²) in [5.74, 6) is -1.14. The molecule has 1 saturated heterocycles. The van der Waals surface area contributed by atoms with E-state index >= 15 is 0 Å². The molecule has 3 N–H and O–H groups in total. The molecule has 1 fully saturated rings. The van der Waals surface area contributed by atoms with Crippen molar-refractivity contribution in [3.63, 3.8) is 0 Å². The summed E-state index contributed by atoms with van der Waals surface area (Å²) in [5, 5.41) is 8.26. The molecule has 1 aliphatic rings. The fourth-order valence-corrected chi connectivity index (χ4v) is 1.92. The number of benzene rings is 1. The van der Waals surface area contributed by atoms with Crippen LogP contribution in [0.2, 0.25) is 0 Å². The van der Waals surface area contributed by atoms with Crippen molar-refractivity contribution < 1.29 is 13.6 Å². The number of halogens is 2. The van der Waals surface area contributed by atoms with Crippen molar-refractivity contribution in [1.29, 1.82) is 0 Å². The van der Waals surface area contributed by atoms with Crippen LogP contribution >= 0.6 is 0 Å². The van der Waals surface area contributed by atoms with E-state index in [4.69, 9.17) is 0 Å². The van der Waals surface area contributed by atoms with Gasteiger partial charge in [-0.1, -0.05) is 6.92 Å². The van der Waals surface area contributed by atoms with Crippen molar-refractivity contribution in [2.24, 2.45) is 5.92 Å². The normalized spacial score (nSPS) is 22.8. The number of carbonyl (C=O) groups is 1. The zero-order valence-electron chi connectivity index (χ0n) is 9.97. The lowest BCUT2D eigenvalue weighted by atomic mass is 10.1. The Morgan fingerprint density at radius 2 is 2.17 bits per heavy atom. The van der Waals surface area contributed by atoms with E-state index in [2.05, 4.69) is 16.0 Å². The van der Waals surface area contributed by atoms with Crippen LogP contribution < -0.4 is 16.0 Å². The smallest absolute Gasteiger partial charge is 0.319 e. The quantitative estimate of drug-likeness (QED) is 0.753. The van der Waals surface area contributed by atoms with E-state index in [0.29, 0.717) is 12.5 Å². The second-order valence-corrected chi connectivity index (χ2v) is 4.46. The molecule has 0 saturated carbocycles. The van der Waals surface area contributed by atoms with E-state index in [0.717, 1.165) is 18.7 Å². The lowest BCUT2D eigenvalue weighted by molar-refractivity contribution is 0.247. The highest BCUT2D eigenvalue weighted by molar-refractivity contribution is 5.89. The average Bonchev–Trinajstić information content (AvgIpc) is 2.69. The first-order chi connectivity index (χ1) is 8.56. The highest BCUT2D eigenvalue weighted by atomic mass is 19.1. The molecule has 2 unspecified atom stereocenters. The Labute approximate surface area is 104 Å². The van der Waals surface area contributed by atoms with E-state index in [1.807, 2.05) is 6.92 Å². The second kappa shape index (κ2) is 5.30. The average molecular weight is 255 g/mol. The summed E-state index contributed by atoms with van der Waals surface area (Å²) < 4.78 is 26.0. The summed E-state index contributed by atoms with van der Waals surface area (Å²) in [6, 6.07) is 2.56. The van der Waals surface area contributed by atoms with Crippen LogP contribution in [0.1, 0.15) is 6.92 Å². The summed E-state index contributed by atoms with van der Waals surface area (Å²) in [5.41, 5.74) is -0.0347. The minimum Gasteiger partial charge on any atom is -0.334 e. The van der Waals surface area contributed by atoms with Gasteiger partial charge in [-0.05, 0) is 24.6 Å². The first-order valence-electron chi connectivity index (χ1n) is 5.79. The van der Waals surface area contributed by atoms with Crippen LogP contribution in [0.3, 0.4) is 0 Å². The molecule has 0 radical (unpaired) electrons. The van der Waals surface area contributed by atoms with Crippen molar-refractivity contribution in [3.8, 4) is 0 Å². The number of urea groups is 1. The van der Waals surface area contributed by atoms with Gasteiger partial charge < -0.3 is 16.0 Å². The second-order valence-electron chi connectivity index (χ2n) is 4.46. The fraction of sp³-hybridized carbons (Fsp3) is 0.417. The zero-order valence-corrected chi connectivity index (χ0v) is 9.97. The van der Waals surface area contributed by atoms with Crippen molar-refractivity contribution >= 4 is 11.7 Å². The summed E-state index contributed by atoms with van der Waals surface area (Å²) in [7, 11) is 0. The maximum atomic E-state index is 13.3. The number of rotatable bonds is 2. The van der Waals surface area contributed by atoms with Gasteiger partial charge in [0.15, 0.2) is 0 Å². The Morgan fingerprint density at radius 1 is 1.39 bits per heavy atom. The molecule has 2 rings (SSSR count). The van der Waals surface area contributed by atoms with Crippen LogP contribution in [0.15, 0.2) is 18.2 Å². The van der Waals surface area contributed by atoms with Crippen molar-refractivity contribution in [2.45, 2.75) is 13.0 Å². The Kier molecular flexibility index (Phi) is 3.76. The van der Waals surface area contributed by atoms with Crippen LogP contribution in [0.4, 0.5) is 19.3 Å². The molecule has 2 amide bonds. The summed E-state index contributed by atoms with van der Waals surface area (Å²) in [6.45, 7) is 3.56. The van der Waals surface area contributed by atoms with E-state index < -0.39 is 17.7 Å². The molecule has 0 aliphatic carbocycles. The fourth-order valence-electron chi connectivity index (χ4n) is 1.92.